The Morgan fingerprint density at radius 3 is 2.67 bits per heavy atom. The quantitative estimate of drug-likeness (QED) is 0.683. The van der Waals surface area contributed by atoms with Crippen molar-refractivity contribution in [1.82, 2.24) is 10.2 Å². The zero-order valence-electron chi connectivity index (χ0n) is 8.32. The highest BCUT2D eigenvalue weighted by Gasteiger charge is 2.01. The number of H-pyrrole nitrogens is 1. The first-order valence-corrected chi connectivity index (χ1v) is 4.59. The molecule has 0 spiro atoms. The SMILES string of the molecule is Cc1ccc(-c2ccc(=O)[nH]n2)cc1N. The predicted molar refractivity (Wildman–Crippen MR) is 59.4 cm³/mol. The van der Waals surface area contributed by atoms with E-state index >= 15 is 0 Å². The number of rotatable bonds is 1. The molecule has 0 aliphatic carbocycles. The second kappa shape index (κ2) is 3.57. The molecule has 0 amide bonds. The molecule has 0 atom stereocenters. The number of nitrogens with one attached hydrogen (secondary N) is 1. The maximum absolute atomic E-state index is 10.8. The van der Waals surface area contributed by atoms with Gasteiger partial charge in [0.05, 0.1) is 5.69 Å². The summed E-state index contributed by atoms with van der Waals surface area (Å²) in [6.07, 6.45) is 0. The molecule has 4 nitrogen and oxygen atoms in total. The van der Waals surface area contributed by atoms with Crippen LogP contribution in [-0.4, -0.2) is 10.2 Å². The molecule has 0 unspecified atom stereocenters. The first-order valence-electron chi connectivity index (χ1n) is 4.59. The lowest BCUT2D eigenvalue weighted by Gasteiger charge is -2.03. The number of hydrogen-bond acceptors (Lipinski definition) is 3. The van der Waals surface area contributed by atoms with Crippen molar-refractivity contribution >= 4 is 5.69 Å². The minimum absolute atomic E-state index is 0.209. The average Bonchev–Trinajstić information content (AvgIpc) is 2.23. The largest absolute Gasteiger partial charge is 0.398 e. The minimum Gasteiger partial charge on any atom is -0.398 e. The molecule has 3 N–H and O–H groups in total. The summed E-state index contributed by atoms with van der Waals surface area (Å²) in [5, 5.41) is 6.31. The Bertz CT molecular complexity index is 525. The highest BCUT2D eigenvalue weighted by molar-refractivity contribution is 5.65. The lowest BCUT2D eigenvalue weighted by molar-refractivity contribution is 0.995. The van der Waals surface area contributed by atoms with E-state index in [1.807, 2.05) is 25.1 Å². The molecule has 0 bridgehead atoms. The molecule has 0 aliphatic heterocycles. The predicted octanol–water partition coefficient (Wildman–Crippen LogP) is 1.33. The maximum Gasteiger partial charge on any atom is 0.264 e. The first-order chi connectivity index (χ1) is 7.16. The molecule has 1 aromatic carbocycles. The number of anilines is 1. The van der Waals surface area contributed by atoms with E-state index in [0.29, 0.717) is 5.69 Å². The molecule has 2 rings (SSSR count). The van der Waals surface area contributed by atoms with E-state index < -0.39 is 0 Å². The van der Waals surface area contributed by atoms with Crippen molar-refractivity contribution < 1.29 is 0 Å². The molecular formula is C11H11N3O. The third kappa shape index (κ3) is 1.88. The lowest BCUT2D eigenvalue weighted by Crippen LogP contribution is -2.05. The van der Waals surface area contributed by atoms with Gasteiger partial charge in [0.1, 0.15) is 0 Å². The molecule has 0 fully saturated rings. The Morgan fingerprint density at radius 2 is 2.07 bits per heavy atom. The molecule has 0 radical (unpaired) electrons. The molecule has 1 heterocycles. The fourth-order valence-electron chi connectivity index (χ4n) is 1.31. The van der Waals surface area contributed by atoms with E-state index in [0.717, 1.165) is 16.8 Å². The number of benzene rings is 1. The van der Waals surface area contributed by atoms with Gasteiger partial charge in [-0.2, -0.15) is 5.10 Å². The van der Waals surface area contributed by atoms with Crippen LogP contribution in [0, 0.1) is 6.92 Å². The molecule has 1 aromatic heterocycles. The van der Waals surface area contributed by atoms with E-state index in [1.54, 1.807) is 6.07 Å². The van der Waals surface area contributed by atoms with Crippen LogP contribution in [0.4, 0.5) is 5.69 Å². The number of aromatic amines is 1. The van der Waals surface area contributed by atoms with Crippen molar-refractivity contribution in [3.63, 3.8) is 0 Å². The summed E-state index contributed by atoms with van der Waals surface area (Å²) in [5.74, 6) is 0. The van der Waals surface area contributed by atoms with E-state index in [9.17, 15) is 4.79 Å². The van der Waals surface area contributed by atoms with E-state index in [1.165, 1.54) is 6.07 Å². The monoisotopic (exact) mass is 201 g/mol. The van der Waals surface area contributed by atoms with Crippen LogP contribution in [0.25, 0.3) is 11.3 Å². The fraction of sp³-hybridized carbons (Fsp3) is 0.0909. The van der Waals surface area contributed by atoms with Crippen molar-refractivity contribution in [1.29, 1.82) is 0 Å². The molecule has 0 aliphatic rings. The highest BCUT2D eigenvalue weighted by atomic mass is 16.1. The molecule has 15 heavy (non-hydrogen) atoms. The summed E-state index contributed by atoms with van der Waals surface area (Å²) in [5.41, 5.74) is 8.94. The highest BCUT2D eigenvalue weighted by Crippen LogP contribution is 2.20. The normalized spacial score (nSPS) is 10.2. The maximum atomic E-state index is 10.8. The number of hydrogen-bond donors (Lipinski definition) is 2. The standard InChI is InChI=1S/C11H11N3O/c1-7-2-3-8(6-9(7)12)10-4-5-11(15)14-13-10/h2-6H,12H2,1H3,(H,14,15). The summed E-state index contributed by atoms with van der Waals surface area (Å²) in [6, 6.07) is 8.81. The Morgan fingerprint density at radius 1 is 1.27 bits per heavy atom. The van der Waals surface area contributed by atoms with Gasteiger partial charge in [-0.1, -0.05) is 12.1 Å². The number of nitrogen functional groups attached to an aromatic ring is 1. The van der Waals surface area contributed by atoms with Crippen molar-refractivity contribution in [2.75, 3.05) is 5.73 Å². The summed E-state index contributed by atoms with van der Waals surface area (Å²) in [7, 11) is 0. The van der Waals surface area contributed by atoms with Crippen LogP contribution in [0.3, 0.4) is 0 Å². The van der Waals surface area contributed by atoms with Crippen molar-refractivity contribution in [2.24, 2.45) is 0 Å². The van der Waals surface area contributed by atoms with Crippen LogP contribution in [0.5, 0.6) is 0 Å². The Balaban J connectivity index is 2.50. The summed E-state index contributed by atoms with van der Waals surface area (Å²) >= 11 is 0. The molecule has 0 saturated carbocycles. The number of aryl methyl sites for hydroxylation is 1. The fourth-order valence-corrected chi connectivity index (χ4v) is 1.31. The topological polar surface area (TPSA) is 71.8 Å². The molecule has 2 aromatic rings. The number of nitrogens with zero attached hydrogens (tertiary/aromatic N) is 1. The first kappa shape index (κ1) is 9.45. The van der Waals surface area contributed by atoms with E-state index in [4.69, 9.17) is 5.73 Å². The van der Waals surface area contributed by atoms with E-state index in [2.05, 4.69) is 10.2 Å². The van der Waals surface area contributed by atoms with Crippen molar-refractivity contribution in [3.8, 4) is 11.3 Å². The zero-order chi connectivity index (χ0) is 10.8. The third-order valence-electron chi connectivity index (χ3n) is 2.25. The number of nitrogens with two attached hydrogens (primary N) is 1. The van der Waals surface area contributed by atoms with Crippen LogP contribution in [-0.2, 0) is 0 Å². The van der Waals surface area contributed by atoms with Crippen molar-refractivity contribution in [3.05, 3.63) is 46.2 Å². The van der Waals surface area contributed by atoms with Gasteiger partial charge in [0.25, 0.3) is 5.56 Å². The van der Waals surface area contributed by atoms with Gasteiger partial charge < -0.3 is 5.73 Å². The third-order valence-corrected chi connectivity index (χ3v) is 2.25. The van der Waals surface area contributed by atoms with Crippen LogP contribution < -0.4 is 11.3 Å². The van der Waals surface area contributed by atoms with Gasteiger partial charge >= 0.3 is 0 Å². The van der Waals surface area contributed by atoms with Gasteiger partial charge in [-0.15, -0.1) is 0 Å². The average molecular weight is 201 g/mol. The Kier molecular flexibility index (Phi) is 2.25. The van der Waals surface area contributed by atoms with Crippen LogP contribution in [0.2, 0.25) is 0 Å². The summed E-state index contributed by atoms with van der Waals surface area (Å²) in [6.45, 7) is 1.94. The van der Waals surface area contributed by atoms with Crippen LogP contribution in [0.1, 0.15) is 5.56 Å². The second-order valence-electron chi connectivity index (χ2n) is 3.38. The van der Waals surface area contributed by atoms with Gasteiger partial charge in [-0.25, -0.2) is 5.10 Å². The van der Waals surface area contributed by atoms with Gasteiger partial charge in [-0.05, 0) is 24.6 Å². The van der Waals surface area contributed by atoms with Gasteiger partial charge in [0.2, 0.25) is 0 Å². The lowest BCUT2D eigenvalue weighted by atomic mass is 10.1. The molecular weight excluding hydrogens is 190 g/mol. The zero-order valence-corrected chi connectivity index (χ0v) is 8.32. The summed E-state index contributed by atoms with van der Waals surface area (Å²) < 4.78 is 0. The molecule has 76 valence electrons. The number of aromatic nitrogens is 2. The minimum atomic E-state index is -0.209. The van der Waals surface area contributed by atoms with E-state index in [-0.39, 0.29) is 5.56 Å². The summed E-state index contributed by atoms with van der Waals surface area (Å²) in [4.78, 5) is 10.8. The second-order valence-corrected chi connectivity index (χ2v) is 3.38. The molecule has 4 heteroatoms. The van der Waals surface area contributed by atoms with Gasteiger partial charge in [-0.3, -0.25) is 4.79 Å². The Hall–Kier alpha value is -2.10. The van der Waals surface area contributed by atoms with Crippen LogP contribution in [0.15, 0.2) is 35.1 Å². The van der Waals surface area contributed by atoms with Gasteiger partial charge in [0, 0.05) is 17.3 Å². The Labute approximate surface area is 86.8 Å². The van der Waals surface area contributed by atoms with Crippen LogP contribution >= 0.6 is 0 Å². The van der Waals surface area contributed by atoms with Crippen molar-refractivity contribution in [2.45, 2.75) is 6.92 Å². The smallest absolute Gasteiger partial charge is 0.264 e. The van der Waals surface area contributed by atoms with Gasteiger partial charge in [0.15, 0.2) is 0 Å². The molecule has 0 saturated heterocycles.